The molecule has 11 heteroatoms. The normalized spacial score (nSPS) is 14.8. The Morgan fingerprint density at radius 2 is 1.54 bits per heavy atom. The van der Waals surface area contributed by atoms with Crippen molar-refractivity contribution in [2.45, 2.75) is 58.7 Å². The highest BCUT2D eigenvalue weighted by molar-refractivity contribution is 7.36. The summed E-state index contributed by atoms with van der Waals surface area (Å²) in [7, 11) is -2.73. The number of amides is 3. The maximum absolute atomic E-state index is 12.2. The van der Waals surface area contributed by atoms with Crippen molar-refractivity contribution in [2.24, 2.45) is 5.92 Å². The summed E-state index contributed by atoms with van der Waals surface area (Å²) < 4.78 is 10.7. The molecule has 26 heavy (non-hydrogen) atoms. The molecule has 0 aromatic carbocycles. The standard InChI is InChI=1S/C15H26N3O7P/c1-8(2)7-12(15(22)23)18-13(20)9(3)16-14(21)11(17-10(4)19)5-6-26(24)25/h8-9,11-12H,5-7H2,1-4H3,(H,16,21)(H,17,19)(H,18,20)(H,22,23)/p-1/t9-,11-,12-/m0/s1. The maximum atomic E-state index is 12.2. The number of carbonyl (C=O) groups is 4. The summed E-state index contributed by atoms with van der Waals surface area (Å²) in [4.78, 5) is 57.2. The number of carboxylic acids is 1. The molecule has 0 bridgehead atoms. The van der Waals surface area contributed by atoms with Crippen LogP contribution in [0.5, 0.6) is 0 Å². The van der Waals surface area contributed by atoms with Gasteiger partial charge in [-0.3, -0.25) is 14.4 Å². The van der Waals surface area contributed by atoms with Crippen LogP contribution < -0.4 is 26.0 Å². The number of hydrogen-bond acceptors (Lipinski definition) is 7. The highest BCUT2D eigenvalue weighted by Crippen LogP contribution is 2.10. The third-order valence-electron chi connectivity index (χ3n) is 3.35. The van der Waals surface area contributed by atoms with E-state index in [9.17, 15) is 33.7 Å². The molecule has 0 saturated heterocycles. The van der Waals surface area contributed by atoms with Gasteiger partial charge in [0.2, 0.25) is 17.7 Å². The van der Waals surface area contributed by atoms with Crippen LogP contribution in [-0.2, 0) is 23.7 Å². The molecule has 1 unspecified atom stereocenters. The fraction of sp³-hybridized carbons (Fsp3) is 0.733. The third kappa shape index (κ3) is 10.0. The summed E-state index contributed by atoms with van der Waals surface area (Å²) in [5.74, 6) is -3.43. The molecular weight excluding hydrogens is 365 g/mol. The molecule has 0 radical (unpaired) electrons. The summed E-state index contributed by atoms with van der Waals surface area (Å²) in [5, 5.41) is 18.0. The molecule has 0 saturated carbocycles. The second-order valence-electron chi connectivity index (χ2n) is 6.34. The molecule has 3 amide bonds. The molecular formula is C15H25N3O7P-. The Hall–Kier alpha value is -2.06. The van der Waals surface area contributed by atoms with E-state index in [0.29, 0.717) is 0 Å². The van der Waals surface area contributed by atoms with E-state index in [1.54, 1.807) is 13.8 Å². The van der Waals surface area contributed by atoms with Gasteiger partial charge in [0.1, 0.15) is 18.2 Å². The van der Waals surface area contributed by atoms with Crippen molar-refractivity contribution in [2.75, 3.05) is 6.16 Å². The van der Waals surface area contributed by atoms with Gasteiger partial charge in [-0.2, -0.15) is 0 Å². The first-order valence-electron chi connectivity index (χ1n) is 8.14. The van der Waals surface area contributed by atoms with Crippen molar-refractivity contribution >= 4 is 31.7 Å². The average molecular weight is 390 g/mol. The Labute approximate surface area is 153 Å². The molecule has 0 aromatic heterocycles. The molecule has 0 aromatic rings. The van der Waals surface area contributed by atoms with Crippen LogP contribution in [0.3, 0.4) is 0 Å². The van der Waals surface area contributed by atoms with Gasteiger partial charge in [-0.1, -0.05) is 18.4 Å². The molecule has 148 valence electrons. The predicted molar refractivity (Wildman–Crippen MR) is 88.7 cm³/mol. The Bertz CT molecular complexity index is 553. The zero-order valence-electron chi connectivity index (χ0n) is 15.2. The van der Waals surface area contributed by atoms with Crippen molar-refractivity contribution in [3.05, 3.63) is 0 Å². The quantitative estimate of drug-likeness (QED) is 0.335. The highest BCUT2D eigenvalue weighted by atomic mass is 31.1. The molecule has 0 fully saturated rings. The summed E-state index contributed by atoms with van der Waals surface area (Å²) in [6.07, 6.45) is -0.289. The Morgan fingerprint density at radius 3 is 1.96 bits per heavy atom. The van der Waals surface area contributed by atoms with E-state index >= 15 is 0 Å². The molecule has 0 aliphatic rings. The Kier molecular flexibility index (Phi) is 10.6. The van der Waals surface area contributed by atoms with Crippen LogP contribution in [-0.4, -0.2) is 48.0 Å². The SMILES string of the molecule is CC(=O)N[C@@H](CC[P+](=O)[O-])C(=O)N[C@@H](C)C(=O)N[C@@H](CC(C)C)C(=O)[O-]. The summed E-state index contributed by atoms with van der Waals surface area (Å²) in [6, 6.07) is -3.41. The minimum absolute atomic E-state index is 0.00122. The minimum Gasteiger partial charge on any atom is -0.596 e. The number of rotatable bonds is 11. The number of carbonyl (C=O) groups excluding carboxylic acids is 4. The number of hydrogen-bond donors (Lipinski definition) is 3. The van der Waals surface area contributed by atoms with Gasteiger partial charge in [-0.15, -0.1) is 0 Å². The van der Waals surface area contributed by atoms with Gasteiger partial charge >= 0.3 is 8.03 Å². The van der Waals surface area contributed by atoms with Gasteiger partial charge in [0.05, 0.1) is 12.0 Å². The number of aliphatic carboxylic acids is 1. The van der Waals surface area contributed by atoms with Crippen molar-refractivity contribution in [3.63, 3.8) is 0 Å². The van der Waals surface area contributed by atoms with E-state index < -0.39 is 49.8 Å². The first-order chi connectivity index (χ1) is 11.9. The average Bonchev–Trinajstić information content (AvgIpc) is 2.49. The topological polar surface area (TPSA) is 168 Å². The lowest BCUT2D eigenvalue weighted by atomic mass is 10.0. The summed E-state index contributed by atoms with van der Waals surface area (Å²) in [6.45, 7) is 6.08. The van der Waals surface area contributed by atoms with Gasteiger partial charge in [-0.25, -0.2) is 0 Å². The van der Waals surface area contributed by atoms with Crippen LogP contribution in [0, 0.1) is 5.92 Å². The first-order valence-corrected chi connectivity index (χ1v) is 9.50. The van der Waals surface area contributed by atoms with Crippen molar-refractivity contribution in [1.29, 1.82) is 0 Å². The largest absolute Gasteiger partial charge is 0.596 e. The van der Waals surface area contributed by atoms with Crippen molar-refractivity contribution in [1.82, 2.24) is 16.0 Å². The van der Waals surface area contributed by atoms with E-state index in [0.717, 1.165) is 0 Å². The highest BCUT2D eigenvalue weighted by Gasteiger charge is 2.26. The molecule has 10 nitrogen and oxygen atoms in total. The Morgan fingerprint density at radius 1 is 0.962 bits per heavy atom. The van der Waals surface area contributed by atoms with Gasteiger partial charge in [-0.05, 0) is 19.3 Å². The fourth-order valence-corrected chi connectivity index (χ4v) is 2.58. The van der Waals surface area contributed by atoms with Gasteiger partial charge in [0.25, 0.3) is 0 Å². The summed E-state index contributed by atoms with van der Waals surface area (Å²) in [5.41, 5.74) is 0. The molecule has 0 aliphatic carbocycles. The smallest absolute Gasteiger partial charge is 0.308 e. The Balaban J connectivity index is 4.85. The molecule has 0 aliphatic heterocycles. The molecule has 0 heterocycles. The van der Waals surface area contributed by atoms with Gasteiger partial charge in [0, 0.05) is 13.3 Å². The van der Waals surface area contributed by atoms with E-state index in [1.165, 1.54) is 13.8 Å². The number of carboxylic acid groups (broad SMARTS) is 1. The molecule has 0 spiro atoms. The lowest BCUT2D eigenvalue weighted by Crippen LogP contribution is -2.56. The van der Waals surface area contributed by atoms with Crippen LogP contribution in [0.25, 0.3) is 0 Å². The second-order valence-corrected chi connectivity index (χ2v) is 7.45. The predicted octanol–water partition coefficient (Wildman–Crippen LogP) is -2.23. The van der Waals surface area contributed by atoms with E-state index in [-0.39, 0.29) is 24.9 Å². The molecule has 0 rings (SSSR count). The molecule has 4 atom stereocenters. The van der Waals surface area contributed by atoms with Crippen LogP contribution >= 0.6 is 8.03 Å². The second kappa shape index (κ2) is 11.5. The fourth-order valence-electron chi connectivity index (χ4n) is 2.11. The van der Waals surface area contributed by atoms with Crippen LogP contribution in [0.15, 0.2) is 0 Å². The summed E-state index contributed by atoms with van der Waals surface area (Å²) >= 11 is 0. The van der Waals surface area contributed by atoms with Gasteiger partial charge < -0.3 is 30.7 Å². The molecule has 3 N–H and O–H groups in total. The van der Waals surface area contributed by atoms with E-state index in [4.69, 9.17) is 0 Å². The van der Waals surface area contributed by atoms with Crippen LogP contribution in [0.1, 0.15) is 40.5 Å². The van der Waals surface area contributed by atoms with E-state index in [1.807, 2.05) is 0 Å². The lowest BCUT2D eigenvalue weighted by molar-refractivity contribution is -0.308. The minimum atomic E-state index is -2.73. The number of nitrogens with one attached hydrogen (secondary N) is 3. The third-order valence-corrected chi connectivity index (χ3v) is 3.98. The first kappa shape index (κ1) is 23.9. The zero-order valence-corrected chi connectivity index (χ0v) is 16.1. The van der Waals surface area contributed by atoms with Crippen LogP contribution in [0.2, 0.25) is 0 Å². The van der Waals surface area contributed by atoms with Crippen molar-refractivity contribution < 1.29 is 33.7 Å². The lowest BCUT2D eigenvalue weighted by Gasteiger charge is -2.24. The van der Waals surface area contributed by atoms with Crippen molar-refractivity contribution in [3.8, 4) is 0 Å². The maximum Gasteiger partial charge on any atom is 0.308 e. The van der Waals surface area contributed by atoms with E-state index in [2.05, 4.69) is 16.0 Å². The van der Waals surface area contributed by atoms with Gasteiger partial charge in [0.15, 0.2) is 0 Å². The zero-order chi connectivity index (χ0) is 20.4. The van der Waals surface area contributed by atoms with Crippen LogP contribution in [0.4, 0.5) is 0 Å². The monoisotopic (exact) mass is 390 g/mol.